The highest BCUT2D eigenvalue weighted by atomic mass is 35.5. The highest BCUT2D eigenvalue weighted by Crippen LogP contribution is 2.37. The molecule has 0 unspecified atom stereocenters. The highest BCUT2D eigenvalue weighted by molar-refractivity contribution is 6.32. The van der Waals surface area contributed by atoms with Crippen LogP contribution in [-0.2, 0) is 11.4 Å². The van der Waals surface area contributed by atoms with E-state index in [-0.39, 0.29) is 57.2 Å². The number of nitrogens with zero attached hydrogens (tertiary/aromatic N) is 3. The van der Waals surface area contributed by atoms with Crippen molar-refractivity contribution in [3.05, 3.63) is 63.0 Å². The number of aromatic amines is 1. The fourth-order valence-electron chi connectivity index (χ4n) is 3.52. The SMILES string of the molecule is COc1cccc(F)c1COc1cc(-n2c(=O)[nH]c3c(OC)nc(C)nc32)c(Cl)cc1OCC(=O)O. The van der Waals surface area contributed by atoms with Crippen molar-refractivity contribution in [2.24, 2.45) is 0 Å². The van der Waals surface area contributed by atoms with Crippen LogP contribution in [0.25, 0.3) is 16.9 Å². The number of carboxylic acids is 1. The number of aliphatic carboxylic acids is 1. The number of hydrogen-bond donors (Lipinski definition) is 2. The van der Waals surface area contributed by atoms with Crippen LogP contribution < -0.4 is 24.6 Å². The number of halogens is 2. The van der Waals surface area contributed by atoms with E-state index >= 15 is 0 Å². The summed E-state index contributed by atoms with van der Waals surface area (Å²) in [7, 11) is 2.79. The average molecular weight is 519 g/mol. The molecule has 0 saturated carbocycles. The van der Waals surface area contributed by atoms with E-state index in [1.807, 2.05) is 0 Å². The van der Waals surface area contributed by atoms with Gasteiger partial charge in [0.1, 0.15) is 29.5 Å². The van der Waals surface area contributed by atoms with Gasteiger partial charge < -0.3 is 24.1 Å². The fourth-order valence-corrected chi connectivity index (χ4v) is 3.75. The molecule has 4 rings (SSSR count). The molecule has 0 fully saturated rings. The molecule has 2 N–H and O–H groups in total. The van der Waals surface area contributed by atoms with E-state index in [1.54, 1.807) is 13.0 Å². The molecular formula is C23H20ClFN4O7. The molecule has 0 aliphatic rings. The molecule has 0 amide bonds. The largest absolute Gasteiger partial charge is 0.496 e. The molecule has 188 valence electrons. The van der Waals surface area contributed by atoms with Gasteiger partial charge in [-0.25, -0.2) is 23.5 Å². The summed E-state index contributed by atoms with van der Waals surface area (Å²) >= 11 is 6.47. The van der Waals surface area contributed by atoms with Crippen molar-refractivity contribution in [2.75, 3.05) is 20.8 Å². The second kappa shape index (κ2) is 10.1. The van der Waals surface area contributed by atoms with Gasteiger partial charge in [-0.3, -0.25) is 4.98 Å². The molecule has 11 nitrogen and oxygen atoms in total. The Hall–Kier alpha value is -4.32. The number of nitrogens with one attached hydrogen (secondary N) is 1. The number of fused-ring (bicyclic) bond motifs is 1. The summed E-state index contributed by atoms with van der Waals surface area (Å²) in [5, 5.41) is 9.07. The zero-order chi connectivity index (χ0) is 26.0. The molecule has 0 radical (unpaired) electrons. The maximum atomic E-state index is 14.4. The van der Waals surface area contributed by atoms with Crippen LogP contribution in [0.5, 0.6) is 23.1 Å². The molecule has 2 aromatic carbocycles. The van der Waals surface area contributed by atoms with Crippen molar-refractivity contribution in [1.82, 2.24) is 19.5 Å². The minimum atomic E-state index is -1.23. The van der Waals surface area contributed by atoms with Gasteiger partial charge >= 0.3 is 11.7 Å². The molecule has 36 heavy (non-hydrogen) atoms. The maximum Gasteiger partial charge on any atom is 0.341 e. The van der Waals surface area contributed by atoms with E-state index in [0.717, 1.165) is 0 Å². The Kier molecular flexibility index (Phi) is 6.97. The first-order valence-electron chi connectivity index (χ1n) is 10.4. The van der Waals surface area contributed by atoms with Crippen LogP contribution in [0.15, 0.2) is 35.1 Å². The molecule has 0 atom stereocenters. The number of aromatic nitrogens is 4. The Balaban J connectivity index is 1.84. The number of ether oxygens (including phenoxy) is 4. The van der Waals surface area contributed by atoms with Gasteiger partial charge in [-0.1, -0.05) is 17.7 Å². The summed E-state index contributed by atoms with van der Waals surface area (Å²) in [5.41, 5.74) is 0.108. The third-order valence-electron chi connectivity index (χ3n) is 5.08. The number of methoxy groups -OCH3 is 2. The van der Waals surface area contributed by atoms with Crippen molar-refractivity contribution < 1.29 is 33.2 Å². The number of hydrogen-bond acceptors (Lipinski definition) is 8. The zero-order valence-electron chi connectivity index (χ0n) is 19.3. The monoisotopic (exact) mass is 518 g/mol. The number of carboxylic acid groups (broad SMARTS) is 1. The maximum absolute atomic E-state index is 14.4. The molecule has 0 aliphatic carbocycles. The third kappa shape index (κ3) is 4.75. The van der Waals surface area contributed by atoms with Crippen molar-refractivity contribution in [1.29, 1.82) is 0 Å². The van der Waals surface area contributed by atoms with E-state index in [1.165, 1.54) is 43.1 Å². The summed E-state index contributed by atoms with van der Waals surface area (Å²) in [6, 6.07) is 6.96. The van der Waals surface area contributed by atoms with Gasteiger partial charge in [-0.05, 0) is 19.1 Å². The first kappa shape index (κ1) is 24.8. The Labute approximate surface area is 208 Å². The first-order chi connectivity index (χ1) is 17.2. The smallest absolute Gasteiger partial charge is 0.341 e. The van der Waals surface area contributed by atoms with Gasteiger partial charge in [0.2, 0.25) is 5.88 Å². The van der Waals surface area contributed by atoms with Crippen molar-refractivity contribution in [3.63, 3.8) is 0 Å². The zero-order valence-corrected chi connectivity index (χ0v) is 20.1. The molecule has 0 aliphatic heterocycles. The van der Waals surface area contributed by atoms with Gasteiger partial charge in [0.15, 0.2) is 23.8 Å². The highest BCUT2D eigenvalue weighted by Gasteiger charge is 2.21. The van der Waals surface area contributed by atoms with Crippen LogP contribution >= 0.6 is 11.6 Å². The summed E-state index contributed by atoms with van der Waals surface area (Å²) < 4.78 is 37.2. The molecule has 2 heterocycles. The second-order valence-electron chi connectivity index (χ2n) is 7.39. The molecule has 4 aromatic rings. The van der Waals surface area contributed by atoms with Crippen molar-refractivity contribution >= 4 is 28.7 Å². The predicted octanol–water partition coefficient (Wildman–Crippen LogP) is 3.27. The minimum absolute atomic E-state index is 0.0000471. The van der Waals surface area contributed by atoms with E-state index in [9.17, 15) is 14.0 Å². The summed E-state index contributed by atoms with van der Waals surface area (Å²) in [5.74, 6) is -1.07. The number of imidazole rings is 1. The lowest BCUT2D eigenvalue weighted by atomic mass is 10.2. The second-order valence-corrected chi connectivity index (χ2v) is 7.79. The number of rotatable bonds is 9. The molecule has 13 heteroatoms. The van der Waals surface area contributed by atoms with Gasteiger partial charge in [-0.2, -0.15) is 4.98 Å². The molecule has 0 bridgehead atoms. The summed E-state index contributed by atoms with van der Waals surface area (Å²) in [6.45, 7) is 0.647. The van der Waals surface area contributed by atoms with Crippen LogP contribution in [0, 0.1) is 12.7 Å². The predicted molar refractivity (Wildman–Crippen MR) is 126 cm³/mol. The topological polar surface area (TPSA) is 138 Å². The average Bonchev–Trinajstić information content (AvgIpc) is 3.17. The Morgan fingerprint density at radius 3 is 2.58 bits per heavy atom. The van der Waals surface area contributed by atoms with E-state index < -0.39 is 24.1 Å². The van der Waals surface area contributed by atoms with Gasteiger partial charge in [0, 0.05) is 12.1 Å². The molecule has 2 aromatic heterocycles. The van der Waals surface area contributed by atoms with Gasteiger partial charge in [0.05, 0.1) is 30.5 Å². The van der Waals surface area contributed by atoms with E-state index in [4.69, 9.17) is 35.7 Å². The number of benzene rings is 2. The molecule has 0 saturated heterocycles. The van der Waals surface area contributed by atoms with Crippen LogP contribution in [0.3, 0.4) is 0 Å². The fraction of sp³-hybridized carbons (Fsp3) is 0.217. The van der Waals surface area contributed by atoms with Gasteiger partial charge in [-0.15, -0.1) is 0 Å². The third-order valence-corrected chi connectivity index (χ3v) is 5.38. The summed E-state index contributed by atoms with van der Waals surface area (Å²) in [4.78, 5) is 35.1. The number of carbonyl (C=O) groups is 1. The Morgan fingerprint density at radius 1 is 1.14 bits per heavy atom. The standard InChI is InChI=1S/C23H20ClFN4O7/c1-11-26-21-20(22(27-11)34-3)28-23(32)29(21)15-8-18(17(7-13(15)24)36-10-19(30)31)35-9-12-14(25)5-4-6-16(12)33-2/h4-8H,9-10H2,1-3H3,(H,28,32)(H,30,31). The first-order valence-corrected chi connectivity index (χ1v) is 10.8. The quantitative estimate of drug-likeness (QED) is 0.342. The normalized spacial score (nSPS) is 10.9. The Bertz CT molecular complexity index is 1520. The van der Waals surface area contributed by atoms with Crippen molar-refractivity contribution in [3.8, 4) is 28.8 Å². The van der Waals surface area contributed by atoms with E-state index in [2.05, 4.69) is 15.0 Å². The number of H-pyrrole nitrogens is 1. The van der Waals surface area contributed by atoms with Crippen LogP contribution in [-0.4, -0.2) is 51.4 Å². The van der Waals surface area contributed by atoms with Crippen LogP contribution in [0.2, 0.25) is 5.02 Å². The van der Waals surface area contributed by atoms with Crippen LogP contribution in [0.4, 0.5) is 4.39 Å². The lowest BCUT2D eigenvalue weighted by molar-refractivity contribution is -0.139. The lowest BCUT2D eigenvalue weighted by Crippen LogP contribution is -2.16. The van der Waals surface area contributed by atoms with Crippen molar-refractivity contribution in [2.45, 2.75) is 13.5 Å². The van der Waals surface area contributed by atoms with Crippen LogP contribution in [0.1, 0.15) is 11.4 Å². The number of aryl methyl sites for hydroxylation is 1. The van der Waals surface area contributed by atoms with Gasteiger partial charge in [0.25, 0.3) is 0 Å². The summed E-state index contributed by atoms with van der Waals surface area (Å²) in [6.07, 6.45) is 0. The lowest BCUT2D eigenvalue weighted by Gasteiger charge is -2.16. The molecular weight excluding hydrogens is 499 g/mol. The van der Waals surface area contributed by atoms with E-state index in [0.29, 0.717) is 5.82 Å². The molecule has 0 spiro atoms. The minimum Gasteiger partial charge on any atom is -0.496 e. The Morgan fingerprint density at radius 2 is 1.89 bits per heavy atom.